The van der Waals surface area contributed by atoms with Gasteiger partial charge in [-0.1, -0.05) is 6.58 Å². The number of esters is 2. The normalized spacial score (nSPS) is 28.8. The summed E-state index contributed by atoms with van der Waals surface area (Å²) < 4.78 is 10.7. The summed E-state index contributed by atoms with van der Waals surface area (Å²) in [6.07, 6.45) is 6.33. The molecule has 2 aliphatic carbocycles. The number of carboxylic acid groups (broad SMARTS) is 1. The van der Waals surface area contributed by atoms with Crippen molar-refractivity contribution >= 4 is 17.9 Å². The Bertz CT molecular complexity index is 538. The van der Waals surface area contributed by atoms with Crippen molar-refractivity contribution in [3.63, 3.8) is 0 Å². The number of rotatable bonds is 6. The number of hydrogen-bond acceptors (Lipinski definition) is 6. The van der Waals surface area contributed by atoms with Crippen molar-refractivity contribution < 1.29 is 34.1 Å². The SMILES string of the molecule is C=C(O)C=CC(=O)O[C@@H]1CC[C@H]2[C@@H]1CC[C@H]2OC(=O)C=CC(=O)O. The van der Waals surface area contributed by atoms with E-state index in [0.29, 0.717) is 12.8 Å². The van der Waals surface area contributed by atoms with Gasteiger partial charge in [0.1, 0.15) is 18.0 Å². The highest BCUT2D eigenvalue weighted by atomic mass is 16.6. The van der Waals surface area contributed by atoms with Gasteiger partial charge in [0.25, 0.3) is 0 Å². The number of carbonyl (C=O) groups is 3. The van der Waals surface area contributed by atoms with E-state index in [1.165, 1.54) is 6.08 Å². The zero-order chi connectivity index (χ0) is 17.7. The van der Waals surface area contributed by atoms with E-state index in [-0.39, 0.29) is 29.8 Å². The van der Waals surface area contributed by atoms with Gasteiger partial charge in [0.15, 0.2) is 0 Å². The summed E-state index contributed by atoms with van der Waals surface area (Å²) >= 11 is 0. The van der Waals surface area contributed by atoms with Crippen LogP contribution in [0.15, 0.2) is 36.6 Å². The average Bonchev–Trinajstić information content (AvgIpc) is 3.07. The monoisotopic (exact) mass is 336 g/mol. The van der Waals surface area contributed by atoms with Crippen molar-refractivity contribution in [3.05, 3.63) is 36.6 Å². The molecule has 2 N–H and O–H groups in total. The minimum atomic E-state index is -1.21. The molecule has 130 valence electrons. The van der Waals surface area contributed by atoms with Crippen LogP contribution in [0.25, 0.3) is 0 Å². The Morgan fingerprint density at radius 2 is 1.25 bits per heavy atom. The second-order valence-corrected chi connectivity index (χ2v) is 5.93. The van der Waals surface area contributed by atoms with Crippen molar-refractivity contribution in [2.24, 2.45) is 11.8 Å². The summed E-state index contributed by atoms with van der Waals surface area (Å²) in [6.45, 7) is 3.25. The minimum Gasteiger partial charge on any atom is -0.509 e. The van der Waals surface area contributed by atoms with Crippen LogP contribution in [0, 0.1) is 11.8 Å². The molecule has 2 rings (SSSR count). The maximum absolute atomic E-state index is 11.7. The number of hydrogen-bond donors (Lipinski definition) is 2. The second-order valence-electron chi connectivity index (χ2n) is 5.93. The number of aliphatic hydroxyl groups is 1. The van der Waals surface area contributed by atoms with Crippen LogP contribution in [0.2, 0.25) is 0 Å². The molecule has 7 nitrogen and oxygen atoms in total. The van der Waals surface area contributed by atoms with Gasteiger partial charge in [-0.2, -0.15) is 0 Å². The highest BCUT2D eigenvalue weighted by molar-refractivity contribution is 5.90. The highest BCUT2D eigenvalue weighted by Gasteiger charge is 2.47. The fourth-order valence-corrected chi connectivity index (χ4v) is 3.47. The largest absolute Gasteiger partial charge is 0.509 e. The van der Waals surface area contributed by atoms with Crippen LogP contribution < -0.4 is 0 Å². The lowest BCUT2D eigenvalue weighted by molar-refractivity contribution is -0.147. The van der Waals surface area contributed by atoms with Crippen LogP contribution in [0.5, 0.6) is 0 Å². The number of carboxylic acids is 1. The lowest BCUT2D eigenvalue weighted by Gasteiger charge is -2.20. The summed E-state index contributed by atoms with van der Waals surface area (Å²) in [6, 6.07) is 0. The fraction of sp³-hybridized carbons (Fsp3) is 0.471. The van der Waals surface area contributed by atoms with Gasteiger partial charge in [-0.3, -0.25) is 0 Å². The number of ether oxygens (including phenoxy) is 2. The molecule has 0 bridgehead atoms. The van der Waals surface area contributed by atoms with Gasteiger partial charge >= 0.3 is 17.9 Å². The predicted molar refractivity (Wildman–Crippen MR) is 82.9 cm³/mol. The lowest BCUT2D eigenvalue weighted by atomic mass is 9.98. The minimum absolute atomic E-state index is 0.113. The zero-order valence-electron chi connectivity index (χ0n) is 13.1. The average molecular weight is 336 g/mol. The Morgan fingerprint density at radius 1 is 0.792 bits per heavy atom. The van der Waals surface area contributed by atoms with Crippen molar-refractivity contribution in [3.8, 4) is 0 Å². The standard InChI is InChI=1S/C17H20O7/c1-10(18)2-8-16(21)23-13-5-3-12-11(13)4-6-14(12)24-17(22)9-7-15(19)20/h2,7-9,11-14,18H,1,3-6H2,(H,19,20)/t11-,12-,13+,14+/m0/s1. The van der Waals surface area contributed by atoms with Gasteiger partial charge in [0.05, 0.1) is 0 Å². The van der Waals surface area contributed by atoms with Crippen LogP contribution in [-0.4, -0.2) is 40.3 Å². The number of aliphatic carboxylic acids is 1. The molecule has 0 unspecified atom stereocenters. The first kappa shape index (κ1) is 17.8. The van der Waals surface area contributed by atoms with Crippen LogP contribution in [0.4, 0.5) is 0 Å². The third-order valence-corrected chi connectivity index (χ3v) is 4.38. The molecule has 0 amide bonds. The molecule has 2 aliphatic rings. The molecule has 0 aromatic carbocycles. The molecule has 0 aromatic rings. The van der Waals surface area contributed by atoms with Crippen molar-refractivity contribution in [1.29, 1.82) is 0 Å². The number of carbonyl (C=O) groups excluding carboxylic acids is 2. The molecule has 0 saturated heterocycles. The second kappa shape index (κ2) is 7.81. The summed E-state index contributed by atoms with van der Waals surface area (Å²) in [4.78, 5) is 33.7. The molecule has 7 heteroatoms. The van der Waals surface area contributed by atoms with E-state index < -0.39 is 17.9 Å². The lowest BCUT2D eigenvalue weighted by Crippen LogP contribution is -2.25. The van der Waals surface area contributed by atoms with E-state index in [0.717, 1.165) is 31.1 Å². The van der Waals surface area contributed by atoms with E-state index >= 15 is 0 Å². The third-order valence-electron chi connectivity index (χ3n) is 4.38. The Kier molecular flexibility index (Phi) is 5.78. The van der Waals surface area contributed by atoms with Gasteiger partial charge < -0.3 is 19.7 Å². The summed E-state index contributed by atoms with van der Waals surface area (Å²) in [5.41, 5.74) is 0. The third kappa shape index (κ3) is 4.71. The zero-order valence-corrected chi connectivity index (χ0v) is 13.1. The first-order valence-corrected chi connectivity index (χ1v) is 7.75. The topological polar surface area (TPSA) is 110 Å². The molecule has 0 aromatic heterocycles. The Morgan fingerprint density at radius 3 is 1.67 bits per heavy atom. The van der Waals surface area contributed by atoms with E-state index in [1.807, 2.05) is 0 Å². The smallest absolute Gasteiger partial charge is 0.331 e. The summed E-state index contributed by atoms with van der Waals surface area (Å²) in [7, 11) is 0. The van der Waals surface area contributed by atoms with E-state index in [4.69, 9.17) is 19.7 Å². The molecule has 0 aliphatic heterocycles. The van der Waals surface area contributed by atoms with Gasteiger partial charge in [-0.05, 0) is 31.8 Å². The Balaban J connectivity index is 1.87. The predicted octanol–water partition coefficient (Wildman–Crippen LogP) is 1.90. The van der Waals surface area contributed by atoms with Gasteiger partial charge in [0.2, 0.25) is 0 Å². The summed E-state index contributed by atoms with van der Waals surface area (Å²) in [5, 5.41) is 17.4. The molecular formula is C17H20O7. The molecule has 0 radical (unpaired) electrons. The highest BCUT2D eigenvalue weighted by Crippen LogP contribution is 2.46. The van der Waals surface area contributed by atoms with Crippen molar-refractivity contribution in [2.75, 3.05) is 0 Å². The molecule has 4 atom stereocenters. The Hall–Kier alpha value is -2.57. The van der Waals surface area contributed by atoms with Crippen LogP contribution in [0.3, 0.4) is 0 Å². The first-order chi connectivity index (χ1) is 11.4. The van der Waals surface area contributed by atoms with Crippen LogP contribution in [0.1, 0.15) is 25.7 Å². The molecule has 2 saturated carbocycles. The van der Waals surface area contributed by atoms with E-state index in [1.54, 1.807) is 0 Å². The number of aliphatic hydroxyl groups excluding tert-OH is 1. The molecule has 2 fully saturated rings. The van der Waals surface area contributed by atoms with Gasteiger partial charge in [-0.15, -0.1) is 0 Å². The van der Waals surface area contributed by atoms with Crippen molar-refractivity contribution in [2.45, 2.75) is 37.9 Å². The van der Waals surface area contributed by atoms with Crippen molar-refractivity contribution in [1.82, 2.24) is 0 Å². The van der Waals surface area contributed by atoms with Crippen LogP contribution >= 0.6 is 0 Å². The molecular weight excluding hydrogens is 316 g/mol. The number of fused-ring (bicyclic) bond motifs is 1. The van der Waals surface area contributed by atoms with E-state index in [2.05, 4.69) is 6.58 Å². The molecule has 0 spiro atoms. The van der Waals surface area contributed by atoms with Crippen LogP contribution in [-0.2, 0) is 23.9 Å². The molecule has 24 heavy (non-hydrogen) atoms. The summed E-state index contributed by atoms with van der Waals surface area (Å²) in [5.74, 6) is -2.41. The maximum Gasteiger partial charge on any atom is 0.331 e. The first-order valence-electron chi connectivity index (χ1n) is 7.75. The van der Waals surface area contributed by atoms with E-state index in [9.17, 15) is 14.4 Å². The maximum atomic E-state index is 11.7. The number of allylic oxidation sites excluding steroid dienone is 1. The Labute approximate surface area is 139 Å². The molecule has 0 heterocycles. The quantitative estimate of drug-likeness (QED) is 0.330. The van der Waals surface area contributed by atoms with Gasteiger partial charge in [-0.25, -0.2) is 14.4 Å². The fourth-order valence-electron chi connectivity index (χ4n) is 3.47. The van der Waals surface area contributed by atoms with Gasteiger partial charge in [0, 0.05) is 30.1 Å².